The van der Waals surface area contributed by atoms with Crippen molar-refractivity contribution >= 4 is 11.6 Å². The van der Waals surface area contributed by atoms with Crippen molar-refractivity contribution in [2.24, 2.45) is 0 Å². The number of carbonyl (C=O) groups excluding carboxylic acids is 1. The predicted molar refractivity (Wildman–Crippen MR) is 121 cm³/mol. The summed E-state index contributed by atoms with van der Waals surface area (Å²) < 4.78 is 12.7. The van der Waals surface area contributed by atoms with E-state index in [1.807, 2.05) is 0 Å². The summed E-state index contributed by atoms with van der Waals surface area (Å²) in [6.45, 7) is 3.37. The molecule has 2 heterocycles. The van der Waals surface area contributed by atoms with Crippen LogP contribution < -0.4 is 15.4 Å². The highest BCUT2D eigenvalue weighted by Gasteiger charge is 2.42. The number of hydrogen-bond acceptors (Lipinski definition) is 4. The van der Waals surface area contributed by atoms with Gasteiger partial charge in [0.25, 0.3) is 0 Å². The Balaban J connectivity index is 1.22. The molecule has 1 spiro atoms. The maximum atomic E-state index is 11.4. The van der Waals surface area contributed by atoms with Gasteiger partial charge in [-0.1, -0.05) is 30.2 Å². The monoisotopic (exact) mass is 423 g/mol. The fraction of sp³-hybridized carbons (Fsp3) is 0.560. The molecule has 31 heavy (non-hydrogen) atoms. The van der Waals surface area contributed by atoms with Crippen LogP contribution in [0.2, 0.25) is 0 Å². The minimum Gasteiger partial charge on any atom is -0.462 e. The molecule has 1 aromatic rings. The summed E-state index contributed by atoms with van der Waals surface area (Å²) in [6, 6.07) is 7.18. The molecular weight excluding hydrogens is 390 g/mol. The fourth-order valence-electron chi connectivity index (χ4n) is 5.01. The topological polar surface area (TPSA) is 62.8 Å². The molecule has 5 rings (SSSR count). The zero-order chi connectivity index (χ0) is 21.3. The van der Waals surface area contributed by atoms with Crippen molar-refractivity contribution < 1.29 is 14.3 Å². The number of carbonyl (C=O) groups is 1. The Kier molecular flexibility index (Phi) is 5.76. The van der Waals surface area contributed by atoms with Crippen LogP contribution in [0.25, 0.3) is 5.57 Å². The summed E-state index contributed by atoms with van der Waals surface area (Å²) in [7, 11) is 1.63. The lowest BCUT2D eigenvalue weighted by Crippen LogP contribution is -2.54. The van der Waals surface area contributed by atoms with E-state index in [1.54, 1.807) is 7.05 Å². The van der Waals surface area contributed by atoms with Crippen LogP contribution in [-0.4, -0.2) is 49.4 Å². The summed E-state index contributed by atoms with van der Waals surface area (Å²) in [6.07, 6.45) is 12.2. The van der Waals surface area contributed by atoms with Gasteiger partial charge in [0.1, 0.15) is 5.75 Å². The average molecular weight is 424 g/mol. The summed E-state index contributed by atoms with van der Waals surface area (Å²) in [5, 5.41) is 5.44. The Morgan fingerprint density at radius 3 is 2.71 bits per heavy atom. The molecular formula is C25H33N3O3. The van der Waals surface area contributed by atoms with Crippen molar-refractivity contribution in [2.45, 2.75) is 63.4 Å². The number of amides is 2. The van der Waals surface area contributed by atoms with Gasteiger partial charge in [-0.3, -0.25) is 4.90 Å². The largest absolute Gasteiger partial charge is 0.462 e. The van der Waals surface area contributed by atoms with E-state index in [-0.39, 0.29) is 6.03 Å². The molecule has 2 aliphatic carbocycles. The molecule has 1 saturated heterocycles. The molecule has 2 aliphatic heterocycles. The Morgan fingerprint density at radius 2 is 2.03 bits per heavy atom. The van der Waals surface area contributed by atoms with Crippen LogP contribution in [-0.2, 0) is 11.3 Å². The minimum absolute atomic E-state index is 0.142. The van der Waals surface area contributed by atoms with Gasteiger partial charge in [0, 0.05) is 51.1 Å². The van der Waals surface area contributed by atoms with E-state index < -0.39 is 5.79 Å². The van der Waals surface area contributed by atoms with Crippen molar-refractivity contribution in [1.82, 2.24) is 15.5 Å². The smallest absolute Gasteiger partial charge is 0.314 e. The minimum atomic E-state index is -0.436. The number of nitrogens with zero attached hydrogens (tertiary/aromatic N) is 1. The van der Waals surface area contributed by atoms with Crippen molar-refractivity contribution in [1.29, 1.82) is 0 Å². The maximum Gasteiger partial charge on any atom is 0.314 e. The fourth-order valence-corrected chi connectivity index (χ4v) is 5.01. The molecule has 166 valence electrons. The standard InChI is InChI=1S/C25H33N3O3/c1-26-24(29)27-16-18-5-7-19(8-6-18)20-9-10-23-21(15-20)17-30-25(31-23)11-13-28(14-12-25)22-3-2-4-22/h5,7,9-10,15,22H,2-4,6,8,11-14,16-17H2,1H3,(H2,26,27,29). The van der Waals surface area contributed by atoms with E-state index in [1.165, 1.54) is 36.0 Å². The van der Waals surface area contributed by atoms with Gasteiger partial charge in [0.15, 0.2) is 0 Å². The van der Waals surface area contributed by atoms with Gasteiger partial charge in [-0.25, -0.2) is 4.79 Å². The number of rotatable bonds is 4. The number of piperidine rings is 1. The summed E-state index contributed by atoms with van der Waals surface area (Å²) in [5.74, 6) is 0.545. The summed E-state index contributed by atoms with van der Waals surface area (Å²) in [5.41, 5.74) is 4.94. The summed E-state index contributed by atoms with van der Waals surface area (Å²) >= 11 is 0. The second-order valence-corrected chi connectivity index (χ2v) is 9.19. The first-order valence-electron chi connectivity index (χ1n) is 11.7. The van der Waals surface area contributed by atoms with Crippen LogP contribution in [0, 0.1) is 0 Å². The normalized spacial score (nSPS) is 23.1. The zero-order valence-electron chi connectivity index (χ0n) is 18.4. The first kappa shape index (κ1) is 20.6. The van der Waals surface area contributed by atoms with Crippen molar-refractivity contribution in [3.63, 3.8) is 0 Å². The van der Waals surface area contributed by atoms with E-state index in [2.05, 4.69) is 45.9 Å². The lowest BCUT2D eigenvalue weighted by atomic mass is 9.89. The second-order valence-electron chi connectivity index (χ2n) is 9.19. The third-order valence-corrected chi connectivity index (χ3v) is 7.31. The molecule has 0 bridgehead atoms. The van der Waals surface area contributed by atoms with Gasteiger partial charge in [-0.15, -0.1) is 0 Å². The van der Waals surface area contributed by atoms with Crippen LogP contribution in [0.3, 0.4) is 0 Å². The Hall–Kier alpha value is -2.31. The third kappa shape index (κ3) is 4.37. The Bertz CT molecular complexity index is 895. The number of nitrogens with one attached hydrogen (secondary N) is 2. The Morgan fingerprint density at radius 1 is 1.19 bits per heavy atom. The molecule has 4 aliphatic rings. The quantitative estimate of drug-likeness (QED) is 0.769. The molecule has 0 radical (unpaired) electrons. The van der Waals surface area contributed by atoms with Crippen molar-refractivity contribution in [3.8, 4) is 5.75 Å². The van der Waals surface area contributed by atoms with Crippen LogP contribution in [0.1, 0.15) is 56.1 Å². The van der Waals surface area contributed by atoms with E-state index in [4.69, 9.17) is 9.47 Å². The molecule has 2 N–H and O–H groups in total. The van der Waals surface area contributed by atoms with Gasteiger partial charge in [0.05, 0.1) is 6.61 Å². The Labute approximate surface area is 184 Å². The molecule has 2 fully saturated rings. The first-order chi connectivity index (χ1) is 15.1. The molecule has 6 nitrogen and oxygen atoms in total. The molecule has 0 unspecified atom stereocenters. The molecule has 0 aromatic heterocycles. The molecule has 0 atom stereocenters. The van der Waals surface area contributed by atoms with E-state index >= 15 is 0 Å². The highest BCUT2D eigenvalue weighted by Crippen LogP contribution is 2.40. The van der Waals surface area contributed by atoms with Crippen LogP contribution in [0.4, 0.5) is 4.79 Å². The molecule has 6 heteroatoms. The molecule has 1 saturated carbocycles. The number of fused-ring (bicyclic) bond motifs is 1. The zero-order valence-corrected chi connectivity index (χ0v) is 18.4. The number of benzene rings is 1. The molecule has 1 aromatic carbocycles. The predicted octanol–water partition coefficient (Wildman–Crippen LogP) is 3.97. The number of allylic oxidation sites excluding steroid dienone is 3. The van der Waals surface area contributed by atoms with Gasteiger partial charge in [-0.2, -0.15) is 0 Å². The number of urea groups is 1. The van der Waals surface area contributed by atoms with Gasteiger partial charge in [0.2, 0.25) is 5.79 Å². The lowest BCUT2D eigenvalue weighted by molar-refractivity contribution is -0.231. The summed E-state index contributed by atoms with van der Waals surface area (Å²) in [4.78, 5) is 14.0. The molecule has 2 amide bonds. The lowest BCUT2D eigenvalue weighted by Gasteiger charge is -2.47. The first-order valence-corrected chi connectivity index (χ1v) is 11.7. The number of likely N-dealkylation sites (tertiary alicyclic amines) is 1. The van der Waals surface area contributed by atoms with E-state index in [0.29, 0.717) is 13.2 Å². The second kappa shape index (κ2) is 8.67. The average Bonchev–Trinajstić information content (AvgIpc) is 2.78. The highest BCUT2D eigenvalue weighted by molar-refractivity contribution is 5.74. The maximum absolute atomic E-state index is 11.4. The van der Waals surface area contributed by atoms with Crippen LogP contribution in [0.15, 0.2) is 35.9 Å². The van der Waals surface area contributed by atoms with Crippen LogP contribution >= 0.6 is 0 Å². The number of hydrogen-bond donors (Lipinski definition) is 2. The third-order valence-electron chi connectivity index (χ3n) is 7.31. The van der Waals surface area contributed by atoms with Crippen molar-refractivity contribution in [2.75, 3.05) is 26.7 Å². The number of ether oxygens (including phenoxy) is 2. The van der Waals surface area contributed by atoms with Gasteiger partial charge >= 0.3 is 6.03 Å². The van der Waals surface area contributed by atoms with Crippen LogP contribution in [0.5, 0.6) is 5.75 Å². The van der Waals surface area contributed by atoms with Gasteiger partial charge in [-0.05, 0) is 49.0 Å². The van der Waals surface area contributed by atoms with E-state index in [9.17, 15) is 4.79 Å². The SMILES string of the molecule is CNC(=O)NCC1=CC=C(c2ccc3c(c2)COC2(CCN(C4CCC4)CC2)O3)CC1. The highest BCUT2D eigenvalue weighted by atomic mass is 16.7. The van der Waals surface area contributed by atoms with E-state index in [0.717, 1.165) is 56.1 Å². The van der Waals surface area contributed by atoms with Crippen molar-refractivity contribution in [3.05, 3.63) is 47.1 Å². The van der Waals surface area contributed by atoms with Gasteiger partial charge < -0.3 is 20.1 Å².